The summed E-state index contributed by atoms with van der Waals surface area (Å²) in [5.41, 5.74) is 6.68. The van der Waals surface area contributed by atoms with E-state index in [2.05, 4.69) is 10.4 Å². The fourth-order valence-electron chi connectivity index (χ4n) is 3.60. The Bertz CT molecular complexity index is 1190. The topological polar surface area (TPSA) is 61.8 Å². The number of aliphatic imine (C=N–C) groups is 1. The Kier molecular flexibility index (Phi) is 6.58. The Morgan fingerprint density at radius 3 is 2.50 bits per heavy atom. The molecule has 3 aromatic rings. The number of nitrogens with one attached hydrogen (secondary N) is 1. The maximum atomic E-state index is 13.0. The predicted octanol–water partition coefficient (Wildman–Crippen LogP) is 5.09. The number of amides is 2. The third-order valence-electron chi connectivity index (χ3n) is 5.26. The van der Waals surface area contributed by atoms with Crippen molar-refractivity contribution in [2.75, 3.05) is 11.6 Å². The van der Waals surface area contributed by atoms with Crippen LogP contribution in [0.1, 0.15) is 23.6 Å². The summed E-state index contributed by atoms with van der Waals surface area (Å²) in [5.74, 6) is -0.981. The van der Waals surface area contributed by atoms with E-state index >= 15 is 0 Å². The third-order valence-corrected chi connectivity index (χ3v) is 6.00. The summed E-state index contributed by atoms with van der Waals surface area (Å²) in [5, 5.41) is 2.22. The maximum Gasteiger partial charge on any atom is 0.267 e. The summed E-state index contributed by atoms with van der Waals surface area (Å²) < 4.78 is 0. The fourth-order valence-corrected chi connectivity index (χ4v) is 3.93. The van der Waals surface area contributed by atoms with Gasteiger partial charge in [0, 0.05) is 17.0 Å². The van der Waals surface area contributed by atoms with Crippen LogP contribution in [-0.4, -0.2) is 24.1 Å². The van der Waals surface area contributed by atoms with Gasteiger partial charge in [-0.1, -0.05) is 84.7 Å². The highest BCUT2D eigenvalue weighted by molar-refractivity contribution is 6.42. The lowest BCUT2D eigenvalue weighted by Gasteiger charge is -2.25. The number of halogens is 2. The monoisotopic (exact) mass is 465 g/mol. The van der Waals surface area contributed by atoms with Crippen molar-refractivity contribution in [2.24, 2.45) is 10.9 Å². The van der Waals surface area contributed by atoms with E-state index in [4.69, 9.17) is 23.2 Å². The second-order valence-corrected chi connectivity index (χ2v) is 8.42. The van der Waals surface area contributed by atoms with Gasteiger partial charge in [0.15, 0.2) is 0 Å². The van der Waals surface area contributed by atoms with Gasteiger partial charge in [0.2, 0.25) is 5.91 Å². The fraction of sp³-hybridized carbons (Fsp3) is 0.160. The number of hydrogen-bond donors (Lipinski definition) is 1. The summed E-state index contributed by atoms with van der Waals surface area (Å²) in [6, 6.07) is 22.4. The molecule has 1 N–H and O–H groups in total. The average molecular weight is 466 g/mol. The molecule has 7 heteroatoms. The van der Waals surface area contributed by atoms with Crippen LogP contribution in [0.5, 0.6) is 0 Å². The number of hydrogen-bond acceptors (Lipinski definition) is 3. The number of carbonyl (C=O) groups excluding carboxylic acids is 2. The molecule has 0 fully saturated rings. The number of fused-ring (bicyclic) bond motifs is 1. The number of anilines is 1. The molecule has 4 rings (SSSR count). The van der Waals surface area contributed by atoms with Gasteiger partial charge in [-0.3, -0.25) is 20.0 Å². The van der Waals surface area contributed by atoms with Crippen LogP contribution in [-0.2, 0) is 16.0 Å². The predicted molar refractivity (Wildman–Crippen MR) is 128 cm³/mol. The molecule has 0 spiro atoms. The second kappa shape index (κ2) is 9.55. The molecule has 5 nitrogen and oxygen atoms in total. The first kappa shape index (κ1) is 22.1. The number of rotatable bonds is 5. The molecule has 1 atom stereocenters. The van der Waals surface area contributed by atoms with Gasteiger partial charge in [-0.05, 0) is 30.2 Å². The van der Waals surface area contributed by atoms with Crippen LogP contribution in [0.4, 0.5) is 5.69 Å². The molecule has 0 aliphatic carbocycles. The van der Waals surface area contributed by atoms with Gasteiger partial charge >= 0.3 is 0 Å². The zero-order valence-electron chi connectivity index (χ0n) is 17.4. The third kappa shape index (κ3) is 4.69. The van der Waals surface area contributed by atoms with Crippen LogP contribution in [0.3, 0.4) is 0 Å². The zero-order chi connectivity index (χ0) is 22.7. The van der Waals surface area contributed by atoms with Crippen LogP contribution >= 0.6 is 23.2 Å². The number of nitrogens with zero attached hydrogens (tertiary/aromatic N) is 2. The van der Waals surface area contributed by atoms with Crippen molar-refractivity contribution >= 4 is 46.4 Å². The van der Waals surface area contributed by atoms with Gasteiger partial charge in [0.25, 0.3) is 5.91 Å². The maximum absolute atomic E-state index is 13.0. The first-order valence-corrected chi connectivity index (χ1v) is 11.0. The number of benzodiazepines with no additional fused rings is 1. The van der Waals surface area contributed by atoms with Crippen molar-refractivity contribution in [3.8, 4) is 0 Å². The van der Waals surface area contributed by atoms with Crippen molar-refractivity contribution in [3.05, 3.63) is 99.5 Å². The Labute approximate surface area is 196 Å². The van der Waals surface area contributed by atoms with E-state index in [1.54, 1.807) is 25.1 Å². The Hall–Kier alpha value is -3.15. The molecule has 32 heavy (non-hydrogen) atoms. The molecular formula is C25H21Cl2N3O2. The molecule has 1 aliphatic heterocycles. The number of hydrazine groups is 1. The summed E-state index contributed by atoms with van der Waals surface area (Å²) in [4.78, 5) is 30.5. The molecule has 0 aromatic heterocycles. The lowest BCUT2D eigenvalue weighted by atomic mass is 10.00. The first-order valence-electron chi connectivity index (χ1n) is 10.2. The normalized spacial score (nSPS) is 14.3. The largest absolute Gasteiger partial charge is 0.274 e. The van der Waals surface area contributed by atoms with Crippen LogP contribution in [0, 0.1) is 5.92 Å². The number of benzene rings is 3. The summed E-state index contributed by atoms with van der Waals surface area (Å²) in [7, 11) is 0. The van der Waals surface area contributed by atoms with Crippen molar-refractivity contribution in [1.29, 1.82) is 0 Å². The molecule has 1 aliphatic rings. The highest BCUT2D eigenvalue weighted by atomic mass is 35.5. The summed E-state index contributed by atoms with van der Waals surface area (Å²) in [6.07, 6.45) is 0.457. The highest BCUT2D eigenvalue weighted by Gasteiger charge is 2.27. The van der Waals surface area contributed by atoms with E-state index < -0.39 is 5.92 Å². The zero-order valence-corrected chi connectivity index (χ0v) is 18.9. The lowest BCUT2D eigenvalue weighted by Crippen LogP contribution is -2.49. The second-order valence-electron chi connectivity index (χ2n) is 7.61. The average Bonchev–Trinajstić information content (AvgIpc) is 2.93. The van der Waals surface area contributed by atoms with E-state index in [1.807, 2.05) is 54.6 Å². The molecule has 3 aromatic carbocycles. The molecule has 162 valence electrons. The molecule has 0 saturated carbocycles. The van der Waals surface area contributed by atoms with Crippen LogP contribution in [0.15, 0.2) is 77.8 Å². The minimum atomic E-state index is -0.398. The molecule has 0 saturated heterocycles. The molecule has 1 heterocycles. The van der Waals surface area contributed by atoms with Crippen molar-refractivity contribution < 1.29 is 9.59 Å². The van der Waals surface area contributed by atoms with Gasteiger partial charge in [-0.15, -0.1) is 0 Å². The van der Waals surface area contributed by atoms with Gasteiger partial charge in [0.1, 0.15) is 6.54 Å². The summed E-state index contributed by atoms with van der Waals surface area (Å²) >= 11 is 12.1. The first-order chi connectivity index (χ1) is 15.4. The van der Waals surface area contributed by atoms with Crippen LogP contribution < -0.4 is 10.4 Å². The molecular weight excluding hydrogens is 445 g/mol. The van der Waals surface area contributed by atoms with Crippen molar-refractivity contribution in [2.45, 2.75) is 13.3 Å². The minimum Gasteiger partial charge on any atom is -0.274 e. The number of carbonyl (C=O) groups is 2. The lowest BCUT2D eigenvalue weighted by molar-refractivity contribution is -0.127. The highest BCUT2D eigenvalue weighted by Crippen LogP contribution is 2.27. The van der Waals surface area contributed by atoms with Gasteiger partial charge in [-0.2, -0.15) is 0 Å². The standard InChI is InChI=1S/C25H21Cl2N3O2/c1-16(13-17-11-12-20(26)21(27)14-17)25(32)29-30-22-10-6-5-9-19(22)24(28-15-23(30)31)18-7-3-2-4-8-18/h2-12,14,16H,13,15H2,1H3,(H,29,32)/t16-/m0/s1. The molecule has 2 amide bonds. The van der Waals surface area contributed by atoms with Crippen molar-refractivity contribution in [1.82, 2.24) is 5.43 Å². The minimum absolute atomic E-state index is 0.0691. The van der Waals surface area contributed by atoms with Crippen LogP contribution in [0.2, 0.25) is 10.0 Å². The van der Waals surface area contributed by atoms with E-state index in [0.717, 1.165) is 22.4 Å². The SMILES string of the molecule is C[C@@H](Cc1ccc(Cl)c(Cl)c1)C(=O)NN1C(=O)CN=C(c2ccccc2)c2ccccc21. The van der Waals surface area contributed by atoms with Gasteiger partial charge in [-0.25, -0.2) is 5.01 Å². The Morgan fingerprint density at radius 2 is 1.75 bits per heavy atom. The van der Waals surface area contributed by atoms with E-state index in [9.17, 15) is 9.59 Å². The van der Waals surface area contributed by atoms with Gasteiger partial charge in [0.05, 0.1) is 21.4 Å². The quantitative estimate of drug-likeness (QED) is 0.570. The van der Waals surface area contributed by atoms with E-state index in [1.165, 1.54) is 5.01 Å². The van der Waals surface area contributed by atoms with E-state index in [-0.39, 0.29) is 18.4 Å². The van der Waals surface area contributed by atoms with Gasteiger partial charge < -0.3 is 0 Å². The molecule has 0 bridgehead atoms. The van der Waals surface area contributed by atoms with Crippen molar-refractivity contribution in [3.63, 3.8) is 0 Å². The van der Waals surface area contributed by atoms with Crippen LogP contribution in [0.25, 0.3) is 0 Å². The molecule has 0 radical (unpaired) electrons. The molecule has 0 unspecified atom stereocenters. The number of para-hydroxylation sites is 1. The smallest absolute Gasteiger partial charge is 0.267 e. The Balaban J connectivity index is 1.58. The summed E-state index contributed by atoms with van der Waals surface area (Å²) in [6.45, 7) is 1.73. The van der Waals surface area contributed by atoms with E-state index in [0.29, 0.717) is 22.2 Å². The Morgan fingerprint density at radius 1 is 1.03 bits per heavy atom.